The number of fused-ring (bicyclic) bond motifs is 1. The van der Waals surface area contributed by atoms with Crippen LogP contribution in [-0.2, 0) is 0 Å². The lowest BCUT2D eigenvalue weighted by Crippen LogP contribution is -2.21. The van der Waals surface area contributed by atoms with E-state index in [9.17, 15) is 9.59 Å². The molecule has 31 heavy (non-hydrogen) atoms. The van der Waals surface area contributed by atoms with E-state index in [2.05, 4.69) is 15.6 Å². The number of hydrogen-bond donors (Lipinski definition) is 3. The standard InChI is InChI=1S/C22H24ClN5O3/c1-12(29)14-11-28(13-6-7-13)20-16(21(14)30)18(24)17(23)19(22(20)31-2)27-10-9-26-15-5-3-4-8-25-15/h3-5,8,11,13,27H,6-7,9-10,24H2,1-2H3,(H,25,26). The highest BCUT2D eigenvalue weighted by atomic mass is 35.5. The molecule has 4 rings (SSSR count). The van der Waals surface area contributed by atoms with E-state index in [4.69, 9.17) is 22.1 Å². The summed E-state index contributed by atoms with van der Waals surface area (Å²) in [6, 6.07) is 5.82. The maximum absolute atomic E-state index is 13.1. The number of nitrogens with two attached hydrogens (primary N) is 1. The molecule has 0 unspecified atom stereocenters. The minimum absolute atomic E-state index is 0.101. The number of nitrogens with zero attached hydrogens (tertiary/aromatic N) is 2. The first kappa shape index (κ1) is 21.0. The molecule has 0 amide bonds. The van der Waals surface area contributed by atoms with Crippen LogP contribution in [0.4, 0.5) is 17.2 Å². The van der Waals surface area contributed by atoms with Crippen LogP contribution in [0.25, 0.3) is 10.9 Å². The van der Waals surface area contributed by atoms with Crippen molar-refractivity contribution < 1.29 is 9.53 Å². The van der Waals surface area contributed by atoms with Crippen molar-refractivity contribution >= 4 is 45.5 Å². The van der Waals surface area contributed by atoms with Gasteiger partial charge in [-0.05, 0) is 31.9 Å². The summed E-state index contributed by atoms with van der Waals surface area (Å²) < 4.78 is 7.63. The summed E-state index contributed by atoms with van der Waals surface area (Å²) in [5.41, 5.74) is 7.20. The quantitative estimate of drug-likeness (QED) is 0.277. The van der Waals surface area contributed by atoms with Gasteiger partial charge in [0.2, 0.25) is 5.43 Å². The molecule has 0 radical (unpaired) electrons. The molecule has 0 bridgehead atoms. The zero-order valence-electron chi connectivity index (χ0n) is 17.4. The molecule has 1 saturated carbocycles. The predicted molar refractivity (Wildman–Crippen MR) is 124 cm³/mol. The fourth-order valence-corrected chi connectivity index (χ4v) is 3.92. The Morgan fingerprint density at radius 3 is 2.68 bits per heavy atom. The molecular weight excluding hydrogens is 418 g/mol. The monoisotopic (exact) mass is 441 g/mol. The molecule has 162 valence electrons. The maximum atomic E-state index is 13.1. The number of halogens is 1. The fourth-order valence-electron chi connectivity index (χ4n) is 3.67. The number of ether oxygens (including phenoxy) is 1. The van der Waals surface area contributed by atoms with Gasteiger partial charge >= 0.3 is 0 Å². The Morgan fingerprint density at radius 2 is 2.06 bits per heavy atom. The van der Waals surface area contributed by atoms with E-state index in [1.807, 2.05) is 22.8 Å². The third-order valence-corrected chi connectivity index (χ3v) is 5.72. The molecule has 1 aliphatic rings. The van der Waals surface area contributed by atoms with Crippen molar-refractivity contribution in [3.63, 3.8) is 0 Å². The van der Waals surface area contributed by atoms with Gasteiger partial charge < -0.3 is 25.7 Å². The molecule has 1 aliphatic carbocycles. The molecule has 4 N–H and O–H groups in total. The lowest BCUT2D eigenvalue weighted by atomic mass is 10.0. The third-order valence-electron chi connectivity index (χ3n) is 5.32. The van der Waals surface area contributed by atoms with E-state index < -0.39 is 5.43 Å². The topological polar surface area (TPSA) is 111 Å². The number of pyridine rings is 2. The largest absolute Gasteiger partial charge is 0.492 e. The van der Waals surface area contributed by atoms with Gasteiger partial charge in [0.15, 0.2) is 11.5 Å². The number of benzene rings is 1. The molecule has 2 aromatic heterocycles. The summed E-state index contributed by atoms with van der Waals surface area (Å²) >= 11 is 6.57. The van der Waals surface area contributed by atoms with Crippen LogP contribution in [0.15, 0.2) is 35.4 Å². The highest BCUT2D eigenvalue weighted by molar-refractivity contribution is 6.38. The van der Waals surface area contributed by atoms with E-state index in [-0.39, 0.29) is 33.5 Å². The van der Waals surface area contributed by atoms with Gasteiger partial charge in [0.1, 0.15) is 11.5 Å². The highest BCUT2D eigenvalue weighted by Crippen LogP contribution is 2.47. The minimum Gasteiger partial charge on any atom is -0.492 e. The summed E-state index contributed by atoms with van der Waals surface area (Å²) in [5, 5.41) is 6.90. The van der Waals surface area contributed by atoms with Crippen LogP contribution in [0.5, 0.6) is 5.75 Å². The molecule has 9 heteroatoms. The molecule has 1 fully saturated rings. The molecule has 0 spiro atoms. The van der Waals surface area contributed by atoms with Crippen LogP contribution < -0.4 is 26.5 Å². The van der Waals surface area contributed by atoms with E-state index in [1.54, 1.807) is 12.4 Å². The second-order valence-electron chi connectivity index (χ2n) is 7.49. The summed E-state index contributed by atoms with van der Waals surface area (Å²) in [6.45, 7) is 2.46. The van der Waals surface area contributed by atoms with Gasteiger partial charge in [-0.1, -0.05) is 17.7 Å². The van der Waals surface area contributed by atoms with Crippen LogP contribution in [0.3, 0.4) is 0 Å². The molecule has 3 aromatic rings. The molecule has 0 aliphatic heterocycles. The van der Waals surface area contributed by atoms with Crippen LogP contribution >= 0.6 is 11.6 Å². The molecule has 0 atom stereocenters. The smallest absolute Gasteiger partial charge is 0.202 e. The number of Topliss-reactive ketones (excluding diaryl/α,β-unsaturated/α-hetero) is 1. The zero-order valence-corrected chi connectivity index (χ0v) is 18.1. The normalized spacial score (nSPS) is 13.3. The number of aromatic nitrogens is 2. The Kier molecular flexibility index (Phi) is 5.73. The Morgan fingerprint density at radius 1 is 1.32 bits per heavy atom. The van der Waals surface area contributed by atoms with E-state index in [0.717, 1.165) is 18.7 Å². The third kappa shape index (κ3) is 3.90. The van der Waals surface area contributed by atoms with Crippen LogP contribution in [0, 0.1) is 0 Å². The Labute approximate surface area is 184 Å². The van der Waals surface area contributed by atoms with Crippen molar-refractivity contribution in [2.75, 3.05) is 36.6 Å². The molecule has 0 saturated heterocycles. The lowest BCUT2D eigenvalue weighted by molar-refractivity contribution is 0.101. The number of nitrogens with one attached hydrogen (secondary N) is 2. The Bertz CT molecular complexity index is 1210. The Balaban J connectivity index is 1.77. The van der Waals surface area contributed by atoms with Gasteiger partial charge in [-0.3, -0.25) is 9.59 Å². The molecular formula is C22H24ClN5O3. The van der Waals surface area contributed by atoms with E-state index in [0.29, 0.717) is 30.0 Å². The zero-order chi connectivity index (χ0) is 22.1. The molecule has 8 nitrogen and oxygen atoms in total. The van der Waals surface area contributed by atoms with Gasteiger partial charge in [-0.15, -0.1) is 0 Å². The summed E-state index contributed by atoms with van der Waals surface area (Å²) in [5.74, 6) is 0.893. The second-order valence-corrected chi connectivity index (χ2v) is 7.87. The first-order chi connectivity index (χ1) is 14.9. The summed E-state index contributed by atoms with van der Waals surface area (Å²) in [7, 11) is 1.53. The van der Waals surface area contributed by atoms with Crippen molar-refractivity contribution in [2.45, 2.75) is 25.8 Å². The van der Waals surface area contributed by atoms with Gasteiger partial charge in [-0.2, -0.15) is 0 Å². The van der Waals surface area contributed by atoms with E-state index >= 15 is 0 Å². The number of methoxy groups -OCH3 is 1. The van der Waals surface area contributed by atoms with E-state index in [1.165, 1.54) is 14.0 Å². The van der Waals surface area contributed by atoms with Crippen molar-refractivity contribution in [2.24, 2.45) is 0 Å². The SMILES string of the molecule is COc1c(NCCNc2ccccn2)c(Cl)c(N)c2c(=O)c(C(C)=O)cn(C3CC3)c12. The highest BCUT2D eigenvalue weighted by Gasteiger charge is 2.30. The Hall–Kier alpha value is -3.26. The molecule has 2 heterocycles. The van der Waals surface area contributed by atoms with Crippen LogP contribution in [0.1, 0.15) is 36.2 Å². The number of rotatable bonds is 8. The number of nitrogen functional groups attached to an aromatic ring is 1. The van der Waals surface area contributed by atoms with Crippen molar-refractivity contribution in [3.8, 4) is 5.75 Å². The van der Waals surface area contributed by atoms with Crippen molar-refractivity contribution in [1.29, 1.82) is 0 Å². The molecule has 1 aromatic carbocycles. The number of anilines is 3. The van der Waals surface area contributed by atoms with Gasteiger partial charge in [0, 0.05) is 31.5 Å². The first-order valence-electron chi connectivity index (χ1n) is 10.1. The predicted octanol–water partition coefficient (Wildman–Crippen LogP) is 3.70. The number of carbonyl (C=O) groups is 1. The van der Waals surface area contributed by atoms with Crippen molar-refractivity contribution in [1.82, 2.24) is 9.55 Å². The minimum atomic E-state index is -0.430. The maximum Gasteiger partial charge on any atom is 0.202 e. The van der Waals surface area contributed by atoms with Gasteiger partial charge in [0.05, 0.1) is 34.3 Å². The number of ketones is 1. The van der Waals surface area contributed by atoms with Crippen LogP contribution in [-0.4, -0.2) is 35.5 Å². The average molecular weight is 442 g/mol. The second kappa shape index (κ2) is 8.47. The summed E-state index contributed by atoms with van der Waals surface area (Å²) in [6.07, 6.45) is 5.24. The van der Waals surface area contributed by atoms with Gasteiger partial charge in [-0.25, -0.2) is 4.98 Å². The lowest BCUT2D eigenvalue weighted by Gasteiger charge is -2.21. The van der Waals surface area contributed by atoms with Crippen molar-refractivity contribution in [3.05, 3.63) is 51.4 Å². The first-order valence-corrected chi connectivity index (χ1v) is 10.4. The fraction of sp³-hybridized carbons (Fsp3) is 0.318. The number of carbonyl (C=O) groups excluding carboxylic acids is 1. The van der Waals surface area contributed by atoms with Crippen LogP contribution in [0.2, 0.25) is 5.02 Å². The van der Waals surface area contributed by atoms with Gasteiger partial charge in [0.25, 0.3) is 0 Å². The average Bonchev–Trinajstić information content (AvgIpc) is 3.60. The summed E-state index contributed by atoms with van der Waals surface area (Å²) in [4.78, 5) is 29.4. The number of hydrogen-bond acceptors (Lipinski definition) is 7.